The highest BCUT2D eigenvalue weighted by molar-refractivity contribution is 5.85. The summed E-state index contributed by atoms with van der Waals surface area (Å²) in [6, 6.07) is 17.9. The molecule has 0 amide bonds. The number of methoxy groups -OCH3 is 1. The quantitative estimate of drug-likeness (QED) is 0.709. The van der Waals surface area contributed by atoms with Gasteiger partial charge in [-0.3, -0.25) is 4.79 Å². The van der Waals surface area contributed by atoms with Gasteiger partial charge in [-0.2, -0.15) is 0 Å². The lowest BCUT2D eigenvalue weighted by atomic mass is 10.0. The number of hydrogen-bond donors (Lipinski definition) is 1. The van der Waals surface area contributed by atoms with Crippen molar-refractivity contribution < 1.29 is 9.53 Å². The maximum absolute atomic E-state index is 12.2. The smallest absolute Gasteiger partial charge is 0.323 e. The summed E-state index contributed by atoms with van der Waals surface area (Å²) in [5.74, 6) is -0.237. The minimum absolute atomic E-state index is 0.237. The van der Waals surface area contributed by atoms with E-state index in [0.29, 0.717) is 13.0 Å². The molecule has 1 N–H and O–H groups in total. The van der Waals surface area contributed by atoms with Crippen LogP contribution in [0, 0.1) is 0 Å². The van der Waals surface area contributed by atoms with E-state index in [0.717, 1.165) is 11.1 Å². The summed E-state index contributed by atoms with van der Waals surface area (Å²) in [6.07, 6.45) is 2.69. The van der Waals surface area contributed by atoms with E-state index in [4.69, 9.17) is 4.74 Å². The molecule has 1 aromatic heterocycles. The Kier molecular flexibility index (Phi) is 4.96. The number of aromatic nitrogens is 1. The van der Waals surface area contributed by atoms with Crippen molar-refractivity contribution in [3.63, 3.8) is 0 Å². The molecule has 0 aliphatic heterocycles. The number of rotatable bonds is 6. The van der Waals surface area contributed by atoms with Crippen LogP contribution in [0.25, 0.3) is 10.9 Å². The maximum Gasteiger partial charge on any atom is 0.323 e. The Bertz CT molecular complexity index is 824. The topological polar surface area (TPSA) is 43.3 Å². The Balaban J connectivity index is 1.80. The molecule has 3 rings (SSSR count). The van der Waals surface area contributed by atoms with E-state index in [2.05, 4.69) is 28.2 Å². The highest BCUT2D eigenvalue weighted by Crippen LogP contribution is 2.21. The van der Waals surface area contributed by atoms with Gasteiger partial charge in [0.1, 0.15) is 6.04 Å². The SMILES string of the molecule is COC(=O)C(Cc1cn(C)c2ccccc12)NCc1ccccc1. The molecule has 0 bridgehead atoms. The Morgan fingerprint density at radius 1 is 1.12 bits per heavy atom. The standard InChI is InChI=1S/C20H22N2O2/c1-22-14-16(17-10-6-7-11-19(17)22)12-18(20(23)24-2)21-13-15-8-4-3-5-9-15/h3-11,14,18,21H,12-13H2,1-2H3. The minimum Gasteiger partial charge on any atom is -0.468 e. The molecular weight excluding hydrogens is 300 g/mol. The highest BCUT2D eigenvalue weighted by Gasteiger charge is 2.21. The zero-order valence-electron chi connectivity index (χ0n) is 14.0. The van der Waals surface area contributed by atoms with Gasteiger partial charge < -0.3 is 14.6 Å². The zero-order chi connectivity index (χ0) is 16.9. The van der Waals surface area contributed by atoms with E-state index in [1.807, 2.05) is 49.5 Å². The fourth-order valence-corrected chi connectivity index (χ4v) is 3.03. The molecule has 24 heavy (non-hydrogen) atoms. The Hall–Kier alpha value is -2.59. The monoisotopic (exact) mass is 322 g/mol. The van der Waals surface area contributed by atoms with Crippen LogP contribution in [0.15, 0.2) is 60.8 Å². The minimum atomic E-state index is -0.374. The first-order chi connectivity index (χ1) is 11.7. The van der Waals surface area contributed by atoms with Crippen molar-refractivity contribution in [1.29, 1.82) is 0 Å². The van der Waals surface area contributed by atoms with Crippen LogP contribution in [-0.2, 0) is 29.5 Å². The van der Waals surface area contributed by atoms with Gasteiger partial charge in [0.05, 0.1) is 7.11 Å². The van der Waals surface area contributed by atoms with Gasteiger partial charge >= 0.3 is 5.97 Å². The number of benzene rings is 2. The van der Waals surface area contributed by atoms with E-state index in [9.17, 15) is 4.79 Å². The van der Waals surface area contributed by atoms with Crippen molar-refractivity contribution in [3.05, 3.63) is 71.9 Å². The number of fused-ring (bicyclic) bond motifs is 1. The van der Waals surface area contributed by atoms with Gasteiger partial charge in [0.25, 0.3) is 0 Å². The van der Waals surface area contributed by atoms with E-state index in [1.54, 1.807) is 0 Å². The van der Waals surface area contributed by atoms with Crippen LogP contribution < -0.4 is 5.32 Å². The van der Waals surface area contributed by atoms with Crippen molar-refractivity contribution in [3.8, 4) is 0 Å². The average Bonchev–Trinajstić information content (AvgIpc) is 2.95. The molecule has 124 valence electrons. The summed E-state index contributed by atoms with van der Waals surface area (Å²) < 4.78 is 7.08. The number of carbonyl (C=O) groups excluding carboxylic acids is 1. The van der Waals surface area contributed by atoms with Crippen LogP contribution in [0.2, 0.25) is 0 Å². The predicted molar refractivity (Wildman–Crippen MR) is 95.7 cm³/mol. The summed E-state index contributed by atoms with van der Waals surface area (Å²) in [5, 5.41) is 4.50. The van der Waals surface area contributed by atoms with Crippen molar-refractivity contribution in [2.24, 2.45) is 7.05 Å². The van der Waals surface area contributed by atoms with Crippen LogP contribution in [0.5, 0.6) is 0 Å². The van der Waals surface area contributed by atoms with E-state index >= 15 is 0 Å². The van der Waals surface area contributed by atoms with Crippen LogP contribution in [-0.4, -0.2) is 23.7 Å². The van der Waals surface area contributed by atoms with Crippen molar-refractivity contribution in [1.82, 2.24) is 9.88 Å². The third kappa shape index (κ3) is 3.49. The second kappa shape index (κ2) is 7.32. The Morgan fingerprint density at radius 2 is 1.83 bits per heavy atom. The van der Waals surface area contributed by atoms with E-state index < -0.39 is 0 Å². The van der Waals surface area contributed by atoms with Gasteiger partial charge in [-0.05, 0) is 17.2 Å². The highest BCUT2D eigenvalue weighted by atomic mass is 16.5. The fourth-order valence-electron chi connectivity index (χ4n) is 3.03. The van der Waals surface area contributed by atoms with Crippen LogP contribution in [0.1, 0.15) is 11.1 Å². The van der Waals surface area contributed by atoms with Gasteiger partial charge in [-0.1, -0.05) is 48.5 Å². The van der Waals surface area contributed by atoms with Crippen molar-refractivity contribution in [2.75, 3.05) is 7.11 Å². The fraction of sp³-hybridized carbons (Fsp3) is 0.250. The molecule has 0 aliphatic carbocycles. The summed E-state index contributed by atoms with van der Waals surface area (Å²) in [6.45, 7) is 0.630. The maximum atomic E-state index is 12.2. The summed E-state index contributed by atoms with van der Waals surface area (Å²) in [5.41, 5.74) is 3.45. The van der Waals surface area contributed by atoms with Crippen molar-refractivity contribution in [2.45, 2.75) is 19.0 Å². The molecule has 0 aliphatic rings. The molecule has 0 radical (unpaired) electrons. The lowest BCUT2D eigenvalue weighted by Gasteiger charge is -2.16. The lowest BCUT2D eigenvalue weighted by Crippen LogP contribution is -2.39. The normalized spacial score (nSPS) is 12.2. The molecule has 0 fully saturated rings. The Morgan fingerprint density at radius 3 is 2.58 bits per heavy atom. The summed E-state index contributed by atoms with van der Waals surface area (Å²) in [4.78, 5) is 12.2. The van der Waals surface area contributed by atoms with Gasteiger partial charge in [0.15, 0.2) is 0 Å². The molecule has 0 saturated carbocycles. The second-order valence-electron chi connectivity index (χ2n) is 5.93. The number of para-hydroxylation sites is 1. The largest absolute Gasteiger partial charge is 0.468 e. The Labute approximate surface area is 142 Å². The molecular formula is C20H22N2O2. The number of aryl methyl sites for hydroxylation is 1. The second-order valence-corrected chi connectivity index (χ2v) is 5.93. The third-order valence-electron chi connectivity index (χ3n) is 4.28. The van der Waals surface area contributed by atoms with Gasteiger partial charge in [0, 0.05) is 37.1 Å². The number of esters is 1. The van der Waals surface area contributed by atoms with Crippen LogP contribution >= 0.6 is 0 Å². The van der Waals surface area contributed by atoms with Gasteiger partial charge in [0.2, 0.25) is 0 Å². The number of ether oxygens (including phenoxy) is 1. The summed E-state index contributed by atoms with van der Waals surface area (Å²) in [7, 11) is 3.46. The van der Waals surface area contributed by atoms with Gasteiger partial charge in [-0.25, -0.2) is 0 Å². The first kappa shape index (κ1) is 16.3. The summed E-state index contributed by atoms with van der Waals surface area (Å²) >= 11 is 0. The van der Waals surface area contributed by atoms with E-state index in [-0.39, 0.29) is 12.0 Å². The first-order valence-corrected chi connectivity index (χ1v) is 8.07. The van der Waals surface area contributed by atoms with Crippen molar-refractivity contribution >= 4 is 16.9 Å². The number of nitrogens with zero attached hydrogens (tertiary/aromatic N) is 1. The molecule has 1 unspecified atom stereocenters. The van der Waals surface area contributed by atoms with Crippen LogP contribution in [0.3, 0.4) is 0 Å². The number of hydrogen-bond acceptors (Lipinski definition) is 3. The molecule has 2 aromatic carbocycles. The average molecular weight is 322 g/mol. The molecule has 1 atom stereocenters. The van der Waals surface area contributed by atoms with Crippen LogP contribution in [0.4, 0.5) is 0 Å². The number of carbonyl (C=O) groups is 1. The zero-order valence-corrected chi connectivity index (χ0v) is 14.0. The molecule has 4 heteroatoms. The lowest BCUT2D eigenvalue weighted by molar-refractivity contribution is -0.143. The molecule has 3 aromatic rings. The third-order valence-corrected chi connectivity index (χ3v) is 4.28. The predicted octanol–water partition coefficient (Wildman–Crippen LogP) is 3.05. The molecule has 0 saturated heterocycles. The molecule has 1 heterocycles. The van der Waals surface area contributed by atoms with Gasteiger partial charge in [-0.15, -0.1) is 0 Å². The van der Waals surface area contributed by atoms with E-state index in [1.165, 1.54) is 18.0 Å². The first-order valence-electron chi connectivity index (χ1n) is 8.07. The molecule has 4 nitrogen and oxygen atoms in total. The number of nitrogens with one attached hydrogen (secondary N) is 1. The molecule has 0 spiro atoms.